The molecule has 1 N–H and O–H groups in total. The van der Waals surface area contributed by atoms with Gasteiger partial charge in [0, 0.05) is 12.5 Å². The number of carbonyl (C=O) groups is 1. The third-order valence-electron chi connectivity index (χ3n) is 3.97. The quantitative estimate of drug-likeness (QED) is 0.811. The summed E-state index contributed by atoms with van der Waals surface area (Å²) in [6.07, 6.45) is 10.7. The van der Waals surface area contributed by atoms with E-state index in [0.717, 1.165) is 36.7 Å². The lowest BCUT2D eigenvalue weighted by molar-refractivity contribution is -0.133. The minimum atomic E-state index is -0.802. The van der Waals surface area contributed by atoms with E-state index in [1.807, 2.05) is 0 Å². The molecule has 0 atom stereocenters. The van der Waals surface area contributed by atoms with Gasteiger partial charge in [-0.15, -0.1) is 10.2 Å². The first kappa shape index (κ1) is 16.3. The number of aryl methyl sites for hydroxylation is 1. The largest absolute Gasteiger partial charge is 0.481 e. The fraction of sp³-hybridized carbons (Fsp3) is 0.800. The topological polar surface area (TPSA) is 68.0 Å². The van der Waals surface area contributed by atoms with E-state index in [1.54, 1.807) is 0 Å². The van der Waals surface area contributed by atoms with Gasteiger partial charge in [0.2, 0.25) is 0 Å². The lowest BCUT2D eigenvalue weighted by atomic mass is 9.96. The van der Waals surface area contributed by atoms with Crippen molar-refractivity contribution < 1.29 is 9.90 Å². The molecule has 0 spiro atoms. The smallest absolute Gasteiger partial charge is 0.313 e. The van der Waals surface area contributed by atoms with E-state index in [-0.39, 0.29) is 5.75 Å². The van der Waals surface area contributed by atoms with E-state index in [9.17, 15) is 4.79 Å². The second-order valence-electron chi connectivity index (χ2n) is 5.70. The van der Waals surface area contributed by atoms with Crippen LogP contribution in [0.15, 0.2) is 5.16 Å². The molecule has 6 heteroatoms. The van der Waals surface area contributed by atoms with Crippen LogP contribution in [0.1, 0.15) is 70.2 Å². The van der Waals surface area contributed by atoms with Crippen LogP contribution in [0.5, 0.6) is 0 Å². The number of nitrogens with zero attached hydrogens (tertiary/aromatic N) is 3. The van der Waals surface area contributed by atoms with Gasteiger partial charge in [0.15, 0.2) is 5.16 Å². The van der Waals surface area contributed by atoms with Gasteiger partial charge in [0.05, 0.1) is 5.75 Å². The number of carboxylic acid groups (broad SMARTS) is 1. The van der Waals surface area contributed by atoms with Crippen molar-refractivity contribution in [3.05, 3.63) is 5.82 Å². The summed E-state index contributed by atoms with van der Waals surface area (Å²) in [5, 5.41) is 18.2. The van der Waals surface area contributed by atoms with Gasteiger partial charge in [-0.2, -0.15) is 0 Å². The van der Waals surface area contributed by atoms with Crippen LogP contribution in [0.2, 0.25) is 0 Å². The minimum absolute atomic E-state index is 0.0526. The SMILES string of the molecule is CCCc1nnc(SCC(=O)O)n1C1CCCCCCC1. The standard InChI is InChI=1S/C15H25N3O2S/c1-2-8-13-16-17-15(21-11-14(19)20)18(13)12-9-6-4-3-5-7-10-12/h12H,2-11H2,1H3,(H,19,20). The number of rotatable bonds is 6. The monoisotopic (exact) mass is 311 g/mol. The number of hydrogen-bond donors (Lipinski definition) is 1. The molecule has 1 aromatic heterocycles. The average Bonchev–Trinajstić information content (AvgIpc) is 2.80. The summed E-state index contributed by atoms with van der Waals surface area (Å²) >= 11 is 1.30. The van der Waals surface area contributed by atoms with Gasteiger partial charge in [0.25, 0.3) is 0 Å². The maximum Gasteiger partial charge on any atom is 0.313 e. The molecule has 0 amide bonds. The molecule has 1 aromatic rings. The highest BCUT2D eigenvalue weighted by molar-refractivity contribution is 7.99. The van der Waals surface area contributed by atoms with Gasteiger partial charge in [0.1, 0.15) is 5.82 Å². The number of hydrogen-bond acceptors (Lipinski definition) is 4. The molecular formula is C15H25N3O2S. The highest BCUT2D eigenvalue weighted by atomic mass is 32.2. The number of aromatic nitrogens is 3. The lowest BCUT2D eigenvalue weighted by Crippen LogP contribution is -2.15. The van der Waals surface area contributed by atoms with Gasteiger partial charge in [-0.05, 0) is 19.3 Å². The Bertz CT molecular complexity index is 454. The van der Waals surface area contributed by atoms with Gasteiger partial charge in [-0.1, -0.05) is 50.8 Å². The molecule has 1 heterocycles. The normalized spacial score (nSPS) is 17.4. The van der Waals surface area contributed by atoms with Crippen LogP contribution in [0.25, 0.3) is 0 Å². The molecule has 1 aliphatic carbocycles. The van der Waals surface area contributed by atoms with Crippen LogP contribution in [0.4, 0.5) is 0 Å². The van der Waals surface area contributed by atoms with E-state index in [0.29, 0.717) is 6.04 Å². The summed E-state index contributed by atoms with van der Waals surface area (Å²) in [6, 6.07) is 0.443. The third-order valence-corrected chi connectivity index (χ3v) is 4.90. The molecule has 0 aromatic carbocycles. The van der Waals surface area contributed by atoms with Crippen LogP contribution < -0.4 is 0 Å². The third kappa shape index (κ3) is 4.73. The molecular weight excluding hydrogens is 286 g/mol. The van der Waals surface area contributed by atoms with Crippen LogP contribution >= 0.6 is 11.8 Å². The Morgan fingerprint density at radius 1 is 1.24 bits per heavy atom. The van der Waals surface area contributed by atoms with Crippen LogP contribution in [-0.2, 0) is 11.2 Å². The highest BCUT2D eigenvalue weighted by Crippen LogP contribution is 2.31. The zero-order chi connectivity index (χ0) is 15.1. The van der Waals surface area contributed by atoms with E-state index < -0.39 is 5.97 Å². The number of carboxylic acids is 1. The Kier molecular flexibility index (Phi) is 6.54. The van der Waals surface area contributed by atoms with Crippen molar-refractivity contribution in [3.8, 4) is 0 Å². The molecule has 1 aliphatic rings. The van der Waals surface area contributed by atoms with Crippen molar-refractivity contribution in [2.75, 3.05) is 5.75 Å². The summed E-state index contributed by atoms with van der Waals surface area (Å²) in [5.41, 5.74) is 0. The van der Waals surface area contributed by atoms with Gasteiger partial charge >= 0.3 is 5.97 Å². The Hall–Kier alpha value is -1.04. The molecule has 1 saturated carbocycles. The van der Waals surface area contributed by atoms with Crippen molar-refractivity contribution in [2.45, 2.75) is 75.9 Å². The molecule has 0 saturated heterocycles. The predicted molar refractivity (Wildman–Crippen MR) is 83.7 cm³/mol. The van der Waals surface area contributed by atoms with E-state index in [4.69, 9.17) is 5.11 Å². The lowest BCUT2D eigenvalue weighted by Gasteiger charge is -2.23. The fourth-order valence-electron chi connectivity index (χ4n) is 2.99. The summed E-state index contributed by atoms with van der Waals surface area (Å²) in [4.78, 5) is 10.8. The zero-order valence-electron chi connectivity index (χ0n) is 12.8. The first-order valence-electron chi connectivity index (χ1n) is 8.00. The zero-order valence-corrected chi connectivity index (χ0v) is 13.6. The van der Waals surface area contributed by atoms with Gasteiger partial charge < -0.3 is 9.67 Å². The predicted octanol–water partition coefficient (Wildman–Crippen LogP) is 3.69. The molecule has 2 rings (SSSR count). The molecule has 0 unspecified atom stereocenters. The Balaban J connectivity index is 2.18. The van der Waals surface area contributed by atoms with E-state index >= 15 is 0 Å². The van der Waals surface area contributed by atoms with Crippen molar-refractivity contribution >= 4 is 17.7 Å². The summed E-state index contributed by atoms with van der Waals surface area (Å²) in [6.45, 7) is 2.14. The van der Waals surface area contributed by atoms with Crippen molar-refractivity contribution in [1.82, 2.24) is 14.8 Å². The maximum absolute atomic E-state index is 10.8. The van der Waals surface area contributed by atoms with E-state index in [2.05, 4.69) is 21.7 Å². The van der Waals surface area contributed by atoms with Crippen molar-refractivity contribution in [1.29, 1.82) is 0 Å². The molecule has 0 aliphatic heterocycles. The maximum atomic E-state index is 10.8. The summed E-state index contributed by atoms with van der Waals surface area (Å²) < 4.78 is 2.24. The molecule has 0 radical (unpaired) electrons. The molecule has 1 fully saturated rings. The van der Waals surface area contributed by atoms with Crippen LogP contribution in [0.3, 0.4) is 0 Å². The van der Waals surface area contributed by atoms with Gasteiger partial charge in [-0.3, -0.25) is 4.79 Å². The molecule has 118 valence electrons. The highest BCUT2D eigenvalue weighted by Gasteiger charge is 2.21. The Morgan fingerprint density at radius 2 is 1.90 bits per heavy atom. The summed E-state index contributed by atoms with van der Waals surface area (Å²) in [5.74, 6) is 0.275. The molecule has 5 nitrogen and oxygen atoms in total. The van der Waals surface area contributed by atoms with E-state index in [1.165, 1.54) is 43.9 Å². The summed E-state index contributed by atoms with van der Waals surface area (Å²) in [7, 11) is 0. The molecule has 0 bridgehead atoms. The van der Waals surface area contributed by atoms with Crippen molar-refractivity contribution in [3.63, 3.8) is 0 Å². The van der Waals surface area contributed by atoms with Crippen molar-refractivity contribution in [2.24, 2.45) is 0 Å². The average molecular weight is 311 g/mol. The second kappa shape index (κ2) is 8.41. The fourth-order valence-corrected chi connectivity index (χ4v) is 3.73. The van der Waals surface area contributed by atoms with Crippen LogP contribution in [-0.4, -0.2) is 31.6 Å². The van der Waals surface area contributed by atoms with Gasteiger partial charge in [-0.25, -0.2) is 0 Å². The Morgan fingerprint density at radius 3 is 2.52 bits per heavy atom. The minimum Gasteiger partial charge on any atom is -0.481 e. The molecule has 21 heavy (non-hydrogen) atoms. The second-order valence-corrected chi connectivity index (χ2v) is 6.64. The number of aliphatic carboxylic acids is 1. The number of thioether (sulfide) groups is 1. The first-order chi connectivity index (χ1) is 10.2. The Labute approximate surface area is 130 Å². The van der Waals surface area contributed by atoms with Crippen LogP contribution in [0, 0.1) is 0 Å². The first-order valence-corrected chi connectivity index (χ1v) is 8.99.